The summed E-state index contributed by atoms with van der Waals surface area (Å²) in [5.41, 5.74) is -1.32. The van der Waals surface area contributed by atoms with Gasteiger partial charge in [-0.2, -0.15) is 13.2 Å². The summed E-state index contributed by atoms with van der Waals surface area (Å²) in [6.07, 6.45) is -4.56. The van der Waals surface area contributed by atoms with E-state index < -0.39 is 17.6 Å². The molecule has 2 N–H and O–H groups in total. The van der Waals surface area contributed by atoms with E-state index in [1.54, 1.807) is 7.05 Å². The van der Waals surface area contributed by atoms with E-state index in [-0.39, 0.29) is 29.0 Å². The summed E-state index contributed by atoms with van der Waals surface area (Å²) in [6.45, 7) is 0.756. The predicted molar refractivity (Wildman–Crippen MR) is 72.7 cm³/mol. The minimum Gasteiger partial charge on any atom is -0.351 e. The van der Waals surface area contributed by atoms with Gasteiger partial charge in [0.2, 0.25) is 0 Å². The highest BCUT2D eigenvalue weighted by Crippen LogP contribution is 2.33. The number of amides is 1. The molecule has 0 atom stereocenters. The van der Waals surface area contributed by atoms with E-state index in [0.29, 0.717) is 6.54 Å². The van der Waals surface area contributed by atoms with Crippen molar-refractivity contribution >= 4 is 34.2 Å². The average molecular weight is 362 g/mol. The van der Waals surface area contributed by atoms with Gasteiger partial charge >= 0.3 is 6.18 Å². The number of nitrogens with one attached hydrogen (secondary N) is 2. The Morgan fingerprint density at radius 1 is 1.32 bits per heavy atom. The molecule has 1 aromatic carbocycles. The van der Waals surface area contributed by atoms with E-state index in [4.69, 9.17) is 0 Å². The molecule has 0 unspecified atom stereocenters. The van der Waals surface area contributed by atoms with Gasteiger partial charge in [-0.1, -0.05) is 15.9 Å². The molecule has 1 aromatic rings. The average Bonchev–Trinajstić information content (AvgIpc) is 2.28. The van der Waals surface area contributed by atoms with E-state index in [9.17, 15) is 18.0 Å². The monoisotopic (exact) mass is 360 g/mol. The smallest absolute Gasteiger partial charge is 0.351 e. The molecule has 0 aliphatic rings. The minimum absolute atomic E-state index is 0. The maximum absolute atomic E-state index is 12.8. The molecule has 0 bridgehead atoms. The van der Waals surface area contributed by atoms with E-state index >= 15 is 0 Å². The summed E-state index contributed by atoms with van der Waals surface area (Å²) >= 11 is 2.96. The van der Waals surface area contributed by atoms with Crippen molar-refractivity contribution in [2.75, 3.05) is 20.1 Å². The van der Waals surface area contributed by atoms with Gasteiger partial charge in [0.25, 0.3) is 5.91 Å². The predicted octanol–water partition coefficient (Wildman–Crippen LogP) is 2.84. The second-order valence-corrected chi connectivity index (χ2v) is 4.46. The number of rotatable bonds is 4. The number of carbonyl (C=O) groups excluding carboxylic acids is 1. The highest BCUT2D eigenvalue weighted by Gasteiger charge is 2.35. The number of likely N-dealkylation sites (N-methyl/N-ethyl adjacent to an activating group) is 1. The molecule has 0 aliphatic carbocycles. The van der Waals surface area contributed by atoms with Crippen molar-refractivity contribution in [3.05, 3.63) is 33.8 Å². The van der Waals surface area contributed by atoms with Crippen LogP contribution >= 0.6 is 28.3 Å². The van der Waals surface area contributed by atoms with Gasteiger partial charge in [0, 0.05) is 17.6 Å². The highest BCUT2D eigenvalue weighted by atomic mass is 79.9. The zero-order valence-electron chi connectivity index (χ0n) is 9.97. The van der Waals surface area contributed by atoms with Crippen LogP contribution in [0, 0.1) is 0 Å². The van der Waals surface area contributed by atoms with Crippen molar-refractivity contribution in [2.24, 2.45) is 0 Å². The highest BCUT2D eigenvalue weighted by molar-refractivity contribution is 9.10. The van der Waals surface area contributed by atoms with Gasteiger partial charge in [0.05, 0.1) is 11.1 Å². The first kappa shape index (κ1) is 18.2. The molecule has 0 aliphatic heterocycles. The minimum atomic E-state index is -4.56. The largest absolute Gasteiger partial charge is 0.417 e. The Bertz CT molecular complexity index is 440. The van der Waals surface area contributed by atoms with Crippen LogP contribution in [0.5, 0.6) is 0 Å². The van der Waals surface area contributed by atoms with Gasteiger partial charge < -0.3 is 10.6 Å². The Balaban J connectivity index is 0.00000324. The third kappa shape index (κ3) is 5.38. The molecular formula is C11H13BrClF3N2O. The fourth-order valence-corrected chi connectivity index (χ4v) is 1.71. The van der Waals surface area contributed by atoms with Crippen LogP contribution in [0.3, 0.4) is 0 Å². The normalized spacial score (nSPS) is 10.8. The number of halogens is 5. The maximum Gasteiger partial charge on any atom is 0.417 e. The summed E-state index contributed by atoms with van der Waals surface area (Å²) in [6, 6.07) is 3.46. The molecule has 0 fully saturated rings. The van der Waals surface area contributed by atoms with Crippen molar-refractivity contribution in [3.63, 3.8) is 0 Å². The van der Waals surface area contributed by atoms with E-state index in [2.05, 4.69) is 26.6 Å². The van der Waals surface area contributed by atoms with Crippen molar-refractivity contribution in [1.82, 2.24) is 10.6 Å². The summed E-state index contributed by atoms with van der Waals surface area (Å²) in [7, 11) is 1.69. The number of alkyl halides is 3. The van der Waals surface area contributed by atoms with Gasteiger partial charge in [-0.3, -0.25) is 4.79 Å². The third-order valence-electron chi connectivity index (χ3n) is 2.19. The molecule has 0 aromatic heterocycles. The van der Waals surface area contributed by atoms with Crippen LogP contribution in [0.1, 0.15) is 15.9 Å². The van der Waals surface area contributed by atoms with Crippen LogP contribution in [0.2, 0.25) is 0 Å². The van der Waals surface area contributed by atoms with Crippen LogP contribution < -0.4 is 10.6 Å². The summed E-state index contributed by atoms with van der Waals surface area (Å²) in [5, 5.41) is 5.20. The van der Waals surface area contributed by atoms with Crippen LogP contribution in [-0.2, 0) is 6.18 Å². The molecule has 0 radical (unpaired) electrons. The molecule has 3 nitrogen and oxygen atoms in total. The fourth-order valence-electron chi connectivity index (χ4n) is 1.35. The SMILES string of the molecule is CNCCNC(=O)c1ccc(Br)cc1C(F)(F)F.Cl. The molecule has 0 saturated heterocycles. The molecule has 1 rings (SSSR count). The molecule has 0 heterocycles. The quantitative estimate of drug-likeness (QED) is 0.810. The van der Waals surface area contributed by atoms with Crippen LogP contribution in [0.25, 0.3) is 0 Å². The van der Waals surface area contributed by atoms with E-state index in [0.717, 1.165) is 12.1 Å². The van der Waals surface area contributed by atoms with Crippen molar-refractivity contribution in [3.8, 4) is 0 Å². The molecule has 0 saturated carbocycles. The van der Waals surface area contributed by atoms with Crippen molar-refractivity contribution in [2.45, 2.75) is 6.18 Å². The Morgan fingerprint density at radius 2 is 1.95 bits per heavy atom. The first-order valence-electron chi connectivity index (χ1n) is 5.16. The number of carbonyl (C=O) groups is 1. The van der Waals surface area contributed by atoms with E-state index in [1.807, 2.05) is 0 Å². The van der Waals surface area contributed by atoms with Gasteiger partial charge in [-0.25, -0.2) is 0 Å². The fraction of sp³-hybridized carbons (Fsp3) is 0.364. The topological polar surface area (TPSA) is 41.1 Å². The molecule has 8 heteroatoms. The summed E-state index contributed by atoms with van der Waals surface area (Å²) < 4.78 is 38.6. The zero-order valence-corrected chi connectivity index (χ0v) is 12.4. The molecule has 1 amide bonds. The van der Waals surface area contributed by atoms with Gasteiger partial charge in [-0.05, 0) is 25.2 Å². The first-order chi connectivity index (χ1) is 8.36. The third-order valence-corrected chi connectivity index (χ3v) is 2.69. The Labute approximate surface area is 123 Å². The van der Waals surface area contributed by atoms with Gasteiger partial charge in [-0.15, -0.1) is 12.4 Å². The molecular weight excluding hydrogens is 348 g/mol. The maximum atomic E-state index is 12.8. The van der Waals surface area contributed by atoms with Crippen LogP contribution in [0.15, 0.2) is 22.7 Å². The van der Waals surface area contributed by atoms with Crippen molar-refractivity contribution in [1.29, 1.82) is 0 Å². The molecule has 0 spiro atoms. The standard InChI is InChI=1S/C11H12BrF3N2O.ClH/c1-16-4-5-17-10(18)8-3-2-7(12)6-9(8)11(13,14)15;/h2-3,6,16H,4-5H2,1H3,(H,17,18);1H. The zero-order chi connectivity index (χ0) is 13.8. The van der Waals surface area contributed by atoms with Gasteiger partial charge in [0.15, 0.2) is 0 Å². The van der Waals surface area contributed by atoms with Gasteiger partial charge in [0.1, 0.15) is 0 Å². The second-order valence-electron chi connectivity index (χ2n) is 3.55. The number of benzene rings is 1. The lowest BCUT2D eigenvalue weighted by atomic mass is 10.1. The lowest BCUT2D eigenvalue weighted by Crippen LogP contribution is -2.31. The molecule has 19 heavy (non-hydrogen) atoms. The lowest BCUT2D eigenvalue weighted by Gasteiger charge is -2.13. The second kappa shape index (κ2) is 7.72. The Hall–Kier alpha value is -0.790. The summed E-state index contributed by atoms with van der Waals surface area (Å²) in [5.74, 6) is -0.731. The molecule has 108 valence electrons. The first-order valence-corrected chi connectivity index (χ1v) is 5.95. The Morgan fingerprint density at radius 3 is 2.47 bits per heavy atom. The van der Waals surface area contributed by atoms with Crippen molar-refractivity contribution < 1.29 is 18.0 Å². The van der Waals surface area contributed by atoms with Crippen LogP contribution in [0.4, 0.5) is 13.2 Å². The van der Waals surface area contributed by atoms with E-state index in [1.165, 1.54) is 6.07 Å². The number of hydrogen-bond acceptors (Lipinski definition) is 2. The van der Waals surface area contributed by atoms with Crippen LogP contribution in [-0.4, -0.2) is 26.0 Å². The number of hydrogen-bond donors (Lipinski definition) is 2. The summed E-state index contributed by atoms with van der Waals surface area (Å²) in [4.78, 5) is 11.6. The lowest BCUT2D eigenvalue weighted by molar-refractivity contribution is -0.138. The Kier molecular flexibility index (Phi) is 7.39.